The Hall–Kier alpha value is -5.24. The molecule has 8 heteroatoms. The van der Waals surface area contributed by atoms with Crippen molar-refractivity contribution in [2.24, 2.45) is 16.0 Å². The largest absolute Gasteiger partial charge is 0.478 e. The number of rotatable bonds is 8. The van der Waals surface area contributed by atoms with Crippen LogP contribution in [0.2, 0.25) is 0 Å². The number of hydrazone groups is 1. The van der Waals surface area contributed by atoms with Gasteiger partial charge in [0.2, 0.25) is 0 Å². The number of benzene rings is 2. The third kappa shape index (κ3) is 5.19. The predicted molar refractivity (Wildman–Crippen MR) is 152 cm³/mol. The monoisotopic (exact) mass is 531 g/mol. The number of carboxylic acid groups (broad SMARTS) is 1. The maximum atomic E-state index is 13.5. The normalized spacial score (nSPS) is 17.8. The molecule has 1 N–H and O–H groups in total. The number of allylic oxidation sites excluding steroid dienone is 1. The van der Waals surface area contributed by atoms with Crippen molar-refractivity contribution in [1.29, 1.82) is 0 Å². The van der Waals surface area contributed by atoms with Crippen LogP contribution in [0.4, 0.5) is 5.69 Å². The Labute approximate surface area is 230 Å². The van der Waals surface area contributed by atoms with E-state index in [9.17, 15) is 14.7 Å². The van der Waals surface area contributed by atoms with Crippen molar-refractivity contribution in [2.45, 2.75) is 12.8 Å². The van der Waals surface area contributed by atoms with Gasteiger partial charge in [0.05, 0.1) is 29.4 Å². The number of hydrogen-bond acceptors (Lipinski definition) is 6. The van der Waals surface area contributed by atoms with Crippen molar-refractivity contribution < 1.29 is 23.5 Å². The fraction of sp³-hybridized carbons (Fsp3) is 0.125. The summed E-state index contributed by atoms with van der Waals surface area (Å²) in [4.78, 5) is 29.6. The highest BCUT2D eigenvalue weighted by Gasteiger charge is 2.33. The third-order valence-corrected chi connectivity index (χ3v) is 6.84. The van der Waals surface area contributed by atoms with Gasteiger partial charge < -0.3 is 13.9 Å². The van der Waals surface area contributed by atoms with E-state index in [1.165, 1.54) is 35.2 Å². The van der Waals surface area contributed by atoms with Crippen molar-refractivity contribution in [3.8, 4) is 0 Å². The molecule has 0 radical (unpaired) electrons. The second-order valence-electron chi connectivity index (χ2n) is 9.59. The van der Waals surface area contributed by atoms with E-state index >= 15 is 0 Å². The van der Waals surface area contributed by atoms with Gasteiger partial charge in [-0.3, -0.25) is 9.79 Å². The number of aryl methyl sites for hydroxylation is 1. The second kappa shape index (κ2) is 10.9. The number of furan rings is 2. The number of amides is 1. The average molecular weight is 532 g/mol. The molecule has 4 aromatic rings. The first kappa shape index (κ1) is 25.1. The molecule has 2 aliphatic heterocycles. The fourth-order valence-electron chi connectivity index (χ4n) is 4.78. The van der Waals surface area contributed by atoms with E-state index in [1.807, 2.05) is 18.3 Å². The highest BCUT2D eigenvalue weighted by Crippen LogP contribution is 2.30. The van der Waals surface area contributed by atoms with Gasteiger partial charge in [-0.1, -0.05) is 42.5 Å². The standard InChI is InChI=1S/C32H25N3O5/c36-31-28(30(24-13-14-39-20-24)34-35(31)26-8-4-7-23(16-26)32(37)38)17-27-11-12-29(40-27)25-15-22(18-33-19-25)10-9-21-5-2-1-3-6-21/h1-8,11-17,19-20,22H,9-10,18H2,(H,37,38)/b28-17-. The summed E-state index contributed by atoms with van der Waals surface area (Å²) in [6, 6.07) is 21.9. The summed E-state index contributed by atoms with van der Waals surface area (Å²) in [6.07, 6.45) is 10.6. The Morgan fingerprint density at radius 2 is 1.95 bits per heavy atom. The second-order valence-corrected chi connectivity index (χ2v) is 9.59. The van der Waals surface area contributed by atoms with Crippen LogP contribution >= 0.6 is 0 Å². The van der Waals surface area contributed by atoms with Crippen LogP contribution in [0, 0.1) is 5.92 Å². The Bertz CT molecular complexity index is 1680. The van der Waals surface area contributed by atoms with Gasteiger partial charge in [0.25, 0.3) is 5.91 Å². The lowest BCUT2D eigenvalue weighted by atomic mass is 9.95. The van der Waals surface area contributed by atoms with Crippen LogP contribution in [0.15, 0.2) is 116 Å². The minimum Gasteiger partial charge on any atom is -0.478 e. The summed E-state index contributed by atoms with van der Waals surface area (Å²) in [5, 5.41) is 15.1. The van der Waals surface area contributed by atoms with Gasteiger partial charge >= 0.3 is 5.97 Å². The van der Waals surface area contributed by atoms with Gasteiger partial charge in [0.15, 0.2) is 0 Å². The highest BCUT2D eigenvalue weighted by molar-refractivity contribution is 6.37. The lowest BCUT2D eigenvalue weighted by Crippen LogP contribution is -2.21. The van der Waals surface area contributed by atoms with Crippen LogP contribution in [0.3, 0.4) is 0 Å². The minimum absolute atomic E-state index is 0.0583. The highest BCUT2D eigenvalue weighted by atomic mass is 16.4. The molecule has 8 nitrogen and oxygen atoms in total. The zero-order chi connectivity index (χ0) is 27.5. The molecule has 6 rings (SSSR count). The average Bonchev–Trinajstić information content (AvgIpc) is 3.75. The molecule has 0 saturated carbocycles. The zero-order valence-electron chi connectivity index (χ0n) is 21.4. The SMILES string of the molecule is O=C(O)c1cccc(N2N=C(c3ccoc3)/C(=C/c3ccc(C4=CC(CCc5ccccc5)CN=C4)o3)C2=O)c1. The molecule has 0 aliphatic carbocycles. The van der Waals surface area contributed by atoms with E-state index in [-0.39, 0.29) is 5.56 Å². The predicted octanol–water partition coefficient (Wildman–Crippen LogP) is 6.12. The molecule has 40 heavy (non-hydrogen) atoms. The van der Waals surface area contributed by atoms with Gasteiger partial charge in [-0.05, 0) is 66.8 Å². The van der Waals surface area contributed by atoms with E-state index < -0.39 is 11.9 Å². The molecular weight excluding hydrogens is 506 g/mol. The van der Waals surface area contributed by atoms with Crippen LogP contribution in [0.1, 0.15) is 39.4 Å². The van der Waals surface area contributed by atoms with E-state index in [1.54, 1.807) is 30.3 Å². The number of carbonyl (C=O) groups excluding carboxylic acids is 1. The van der Waals surface area contributed by atoms with E-state index in [0.29, 0.717) is 40.0 Å². The van der Waals surface area contributed by atoms with E-state index in [2.05, 4.69) is 40.4 Å². The van der Waals surface area contributed by atoms with E-state index in [0.717, 1.165) is 25.0 Å². The van der Waals surface area contributed by atoms with Gasteiger partial charge in [-0.15, -0.1) is 0 Å². The maximum absolute atomic E-state index is 13.5. The molecule has 198 valence electrons. The lowest BCUT2D eigenvalue weighted by molar-refractivity contribution is -0.114. The van der Waals surface area contributed by atoms with Crippen LogP contribution in [0.25, 0.3) is 11.6 Å². The summed E-state index contributed by atoms with van der Waals surface area (Å²) in [5.74, 6) is -0.0430. The topological polar surface area (TPSA) is 109 Å². The number of nitrogens with zero attached hydrogens (tertiary/aromatic N) is 3. The van der Waals surface area contributed by atoms with Gasteiger partial charge in [0.1, 0.15) is 17.2 Å². The maximum Gasteiger partial charge on any atom is 0.335 e. The Kier molecular flexibility index (Phi) is 6.80. The first-order valence-corrected chi connectivity index (χ1v) is 12.9. The number of anilines is 1. The van der Waals surface area contributed by atoms with Crippen molar-refractivity contribution in [2.75, 3.05) is 11.6 Å². The number of aromatic carboxylic acids is 1. The number of dihydropyridines is 1. The Balaban J connectivity index is 1.26. The summed E-state index contributed by atoms with van der Waals surface area (Å²) in [6.45, 7) is 0.742. The fourth-order valence-corrected chi connectivity index (χ4v) is 4.78. The first-order chi connectivity index (χ1) is 19.5. The molecular formula is C32H25N3O5. The van der Waals surface area contributed by atoms with Crippen LogP contribution < -0.4 is 5.01 Å². The molecule has 4 heterocycles. The molecule has 0 spiro atoms. The van der Waals surface area contributed by atoms with Crippen LogP contribution in [0.5, 0.6) is 0 Å². The van der Waals surface area contributed by atoms with Crippen LogP contribution in [-0.4, -0.2) is 35.5 Å². The van der Waals surface area contributed by atoms with Gasteiger partial charge in [-0.2, -0.15) is 10.1 Å². The number of aliphatic imine (C=N–C) groups is 1. The molecule has 2 aromatic heterocycles. The van der Waals surface area contributed by atoms with E-state index in [4.69, 9.17) is 8.83 Å². The Morgan fingerprint density at radius 3 is 2.75 bits per heavy atom. The van der Waals surface area contributed by atoms with Crippen molar-refractivity contribution in [3.05, 3.63) is 125 Å². The number of carbonyl (C=O) groups is 2. The third-order valence-electron chi connectivity index (χ3n) is 6.84. The van der Waals surface area contributed by atoms with Gasteiger partial charge in [0, 0.05) is 23.9 Å². The summed E-state index contributed by atoms with van der Waals surface area (Å²) in [5.41, 5.74) is 3.93. The summed E-state index contributed by atoms with van der Waals surface area (Å²) >= 11 is 0. The Morgan fingerprint density at radius 1 is 1.07 bits per heavy atom. The first-order valence-electron chi connectivity index (χ1n) is 12.9. The molecule has 1 unspecified atom stereocenters. The molecule has 1 amide bonds. The van der Waals surface area contributed by atoms with Gasteiger partial charge in [-0.25, -0.2) is 4.79 Å². The molecule has 0 saturated heterocycles. The molecule has 0 fully saturated rings. The molecule has 0 bridgehead atoms. The zero-order valence-corrected chi connectivity index (χ0v) is 21.4. The quantitative estimate of drug-likeness (QED) is 0.276. The number of carboxylic acids is 1. The molecule has 2 aromatic carbocycles. The van der Waals surface area contributed by atoms with Crippen molar-refractivity contribution >= 4 is 41.1 Å². The summed E-state index contributed by atoms with van der Waals surface area (Å²) < 4.78 is 11.4. The lowest BCUT2D eigenvalue weighted by Gasteiger charge is -2.15. The van der Waals surface area contributed by atoms with Crippen molar-refractivity contribution in [1.82, 2.24) is 0 Å². The smallest absolute Gasteiger partial charge is 0.335 e. The van der Waals surface area contributed by atoms with Crippen molar-refractivity contribution in [3.63, 3.8) is 0 Å². The summed E-state index contributed by atoms with van der Waals surface area (Å²) in [7, 11) is 0. The minimum atomic E-state index is -1.09. The number of hydrogen-bond donors (Lipinski definition) is 1. The molecule has 1 atom stereocenters. The van der Waals surface area contributed by atoms with Crippen LogP contribution in [-0.2, 0) is 11.2 Å². The molecule has 2 aliphatic rings.